The summed E-state index contributed by atoms with van der Waals surface area (Å²) in [4.78, 5) is 16.6. The molecule has 1 saturated heterocycles. The molecule has 1 aliphatic heterocycles. The maximum Gasteiger partial charge on any atom is 0.239 e. The van der Waals surface area contributed by atoms with Crippen LogP contribution < -0.4 is 5.73 Å². The molecular formula is C14H27N3O2. The van der Waals surface area contributed by atoms with Crippen LogP contribution in [-0.2, 0) is 9.53 Å². The van der Waals surface area contributed by atoms with Crippen LogP contribution in [-0.4, -0.2) is 67.2 Å². The fourth-order valence-electron chi connectivity index (χ4n) is 3.16. The summed E-state index contributed by atoms with van der Waals surface area (Å²) in [5.74, 6) is 0.212. The third-order valence-electron chi connectivity index (χ3n) is 4.60. The summed E-state index contributed by atoms with van der Waals surface area (Å²) < 4.78 is 5.30. The van der Waals surface area contributed by atoms with Crippen molar-refractivity contribution in [1.29, 1.82) is 0 Å². The average molecular weight is 269 g/mol. The number of ether oxygens (including phenoxy) is 1. The minimum Gasteiger partial charge on any atom is -0.378 e. The Labute approximate surface area is 116 Å². The van der Waals surface area contributed by atoms with E-state index < -0.39 is 0 Å². The highest BCUT2D eigenvalue weighted by Crippen LogP contribution is 2.23. The Bertz CT molecular complexity index is 305. The van der Waals surface area contributed by atoms with Gasteiger partial charge in [0, 0.05) is 25.2 Å². The van der Waals surface area contributed by atoms with E-state index in [0.717, 1.165) is 12.8 Å². The first-order valence-electron chi connectivity index (χ1n) is 7.45. The van der Waals surface area contributed by atoms with Crippen LogP contribution >= 0.6 is 0 Å². The fraction of sp³-hybridized carbons (Fsp3) is 0.929. The lowest BCUT2D eigenvalue weighted by Gasteiger charge is -2.40. The van der Waals surface area contributed by atoms with E-state index in [4.69, 9.17) is 10.5 Å². The van der Waals surface area contributed by atoms with Crippen molar-refractivity contribution in [2.24, 2.45) is 5.73 Å². The summed E-state index contributed by atoms with van der Waals surface area (Å²) in [5.41, 5.74) is 6.21. The first-order valence-corrected chi connectivity index (χ1v) is 7.45. The van der Waals surface area contributed by atoms with Gasteiger partial charge in [-0.1, -0.05) is 12.8 Å². The lowest BCUT2D eigenvalue weighted by molar-refractivity contribution is -0.141. The molecule has 0 aromatic heterocycles. The maximum atomic E-state index is 12.5. The average Bonchev–Trinajstić information content (AvgIpc) is 2.46. The summed E-state index contributed by atoms with van der Waals surface area (Å²) in [7, 11) is 2.04. The summed E-state index contributed by atoms with van der Waals surface area (Å²) in [6.45, 7) is 4.75. The van der Waals surface area contributed by atoms with Gasteiger partial charge in [0.1, 0.15) is 0 Å². The van der Waals surface area contributed by atoms with E-state index in [9.17, 15) is 4.79 Å². The number of nitrogens with zero attached hydrogens (tertiary/aromatic N) is 2. The number of carbonyl (C=O) groups excluding carboxylic acids is 1. The minimum atomic E-state index is -0.0905. The number of rotatable bonds is 3. The predicted octanol–water partition coefficient (Wildman–Crippen LogP) is 0.435. The Kier molecular flexibility index (Phi) is 5.19. The standard InChI is InChI=1S/C14H27N3O2/c1-11(14(18)17-7-9-19-10-8-17)16(2)13-6-4-3-5-12(13)15/h11-13H,3-10,15H2,1-2H3. The van der Waals surface area contributed by atoms with E-state index in [0.29, 0.717) is 32.3 Å². The van der Waals surface area contributed by atoms with E-state index in [1.54, 1.807) is 0 Å². The van der Waals surface area contributed by atoms with Crippen molar-refractivity contribution in [3.8, 4) is 0 Å². The number of hydrogen-bond acceptors (Lipinski definition) is 4. The second-order valence-electron chi connectivity index (χ2n) is 5.79. The van der Waals surface area contributed by atoms with Gasteiger partial charge in [0.05, 0.1) is 19.3 Å². The molecule has 1 amide bonds. The van der Waals surface area contributed by atoms with Crippen LogP contribution in [0.5, 0.6) is 0 Å². The van der Waals surface area contributed by atoms with Gasteiger partial charge in [0.25, 0.3) is 0 Å². The molecule has 2 N–H and O–H groups in total. The monoisotopic (exact) mass is 269 g/mol. The number of morpholine rings is 1. The van der Waals surface area contributed by atoms with Crippen molar-refractivity contribution in [3.63, 3.8) is 0 Å². The molecule has 2 aliphatic rings. The van der Waals surface area contributed by atoms with Gasteiger partial charge < -0.3 is 15.4 Å². The summed E-state index contributed by atoms with van der Waals surface area (Å²) in [6, 6.07) is 0.458. The molecule has 19 heavy (non-hydrogen) atoms. The Morgan fingerprint density at radius 3 is 2.58 bits per heavy atom. The molecule has 1 aliphatic carbocycles. The van der Waals surface area contributed by atoms with E-state index >= 15 is 0 Å². The zero-order valence-corrected chi connectivity index (χ0v) is 12.2. The molecule has 3 unspecified atom stereocenters. The van der Waals surface area contributed by atoms with E-state index in [1.807, 2.05) is 18.9 Å². The second-order valence-corrected chi connectivity index (χ2v) is 5.79. The molecule has 0 radical (unpaired) electrons. The van der Waals surface area contributed by atoms with Crippen LogP contribution in [0.4, 0.5) is 0 Å². The summed E-state index contributed by atoms with van der Waals surface area (Å²) in [5, 5.41) is 0. The third kappa shape index (κ3) is 3.46. The highest BCUT2D eigenvalue weighted by molar-refractivity contribution is 5.81. The Balaban J connectivity index is 1.93. The summed E-state index contributed by atoms with van der Waals surface area (Å²) in [6.07, 6.45) is 4.63. The number of likely N-dealkylation sites (N-methyl/N-ethyl adjacent to an activating group) is 1. The van der Waals surface area contributed by atoms with Gasteiger partial charge in [-0.05, 0) is 26.8 Å². The lowest BCUT2D eigenvalue weighted by Crippen LogP contribution is -2.56. The molecule has 0 aromatic carbocycles. The quantitative estimate of drug-likeness (QED) is 0.807. The highest BCUT2D eigenvalue weighted by Gasteiger charge is 2.32. The molecule has 0 bridgehead atoms. The van der Waals surface area contributed by atoms with E-state index in [1.165, 1.54) is 12.8 Å². The molecule has 110 valence electrons. The van der Waals surface area contributed by atoms with Crippen molar-refractivity contribution >= 4 is 5.91 Å². The zero-order chi connectivity index (χ0) is 13.8. The Hall–Kier alpha value is -0.650. The van der Waals surface area contributed by atoms with Gasteiger partial charge in [0.15, 0.2) is 0 Å². The van der Waals surface area contributed by atoms with Gasteiger partial charge in [-0.2, -0.15) is 0 Å². The van der Waals surface area contributed by atoms with E-state index in [-0.39, 0.29) is 18.0 Å². The molecule has 2 fully saturated rings. The van der Waals surface area contributed by atoms with Crippen LogP contribution in [0.2, 0.25) is 0 Å². The second kappa shape index (κ2) is 6.68. The van der Waals surface area contributed by atoms with Crippen molar-refractivity contribution in [3.05, 3.63) is 0 Å². The number of hydrogen-bond donors (Lipinski definition) is 1. The van der Waals surface area contributed by atoms with Crippen LogP contribution in [0.3, 0.4) is 0 Å². The Morgan fingerprint density at radius 2 is 1.95 bits per heavy atom. The van der Waals surface area contributed by atoms with E-state index in [2.05, 4.69) is 4.90 Å². The highest BCUT2D eigenvalue weighted by atomic mass is 16.5. The molecule has 2 rings (SSSR count). The van der Waals surface area contributed by atoms with Gasteiger partial charge in [-0.3, -0.25) is 9.69 Å². The third-order valence-corrected chi connectivity index (χ3v) is 4.60. The predicted molar refractivity (Wildman–Crippen MR) is 74.9 cm³/mol. The van der Waals surface area contributed by atoms with Crippen molar-refractivity contribution in [1.82, 2.24) is 9.80 Å². The minimum absolute atomic E-state index is 0.0905. The lowest BCUT2D eigenvalue weighted by atomic mass is 9.89. The molecule has 1 saturated carbocycles. The van der Waals surface area contributed by atoms with Crippen LogP contribution in [0.15, 0.2) is 0 Å². The zero-order valence-electron chi connectivity index (χ0n) is 12.2. The number of nitrogens with two attached hydrogens (primary N) is 1. The smallest absolute Gasteiger partial charge is 0.239 e. The fourth-order valence-corrected chi connectivity index (χ4v) is 3.16. The largest absolute Gasteiger partial charge is 0.378 e. The first-order chi connectivity index (χ1) is 9.11. The first kappa shape index (κ1) is 14.8. The number of carbonyl (C=O) groups is 1. The normalized spacial score (nSPS) is 30.4. The molecule has 0 spiro atoms. The summed E-state index contributed by atoms with van der Waals surface area (Å²) >= 11 is 0. The van der Waals surface area contributed by atoms with Crippen LogP contribution in [0, 0.1) is 0 Å². The Morgan fingerprint density at radius 1 is 1.32 bits per heavy atom. The molecule has 1 heterocycles. The number of amides is 1. The van der Waals surface area contributed by atoms with Gasteiger partial charge >= 0.3 is 0 Å². The molecule has 5 heteroatoms. The van der Waals surface area contributed by atoms with Crippen LogP contribution in [0.25, 0.3) is 0 Å². The maximum absolute atomic E-state index is 12.5. The molecule has 0 aromatic rings. The molecule has 5 nitrogen and oxygen atoms in total. The van der Waals surface area contributed by atoms with Crippen molar-refractivity contribution in [2.45, 2.75) is 50.7 Å². The van der Waals surface area contributed by atoms with Gasteiger partial charge in [-0.15, -0.1) is 0 Å². The van der Waals surface area contributed by atoms with Gasteiger partial charge in [0.2, 0.25) is 5.91 Å². The molecule has 3 atom stereocenters. The van der Waals surface area contributed by atoms with Crippen LogP contribution in [0.1, 0.15) is 32.6 Å². The topological polar surface area (TPSA) is 58.8 Å². The van der Waals surface area contributed by atoms with Gasteiger partial charge in [-0.25, -0.2) is 0 Å². The SMILES string of the molecule is CC(C(=O)N1CCOCC1)N(C)C1CCCCC1N. The van der Waals surface area contributed by atoms with Crippen molar-refractivity contribution in [2.75, 3.05) is 33.4 Å². The van der Waals surface area contributed by atoms with Crippen molar-refractivity contribution < 1.29 is 9.53 Å². The molecular weight excluding hydrogens is 242 g/mol.